The van der Waals surface area contributed by atoms with Crippen LogP contribution in [0.1, 0.15) is 29.3 Å². The number of nitrogens with zero attached hydrogens (tertiary/aromatic N) is 1. The van der Waals surface area contributed by atoms with E-state index >= 15 is 0 Å². The van der Waals surface area contributed by atoms with Gasteiger partial charge >= 0.3 is 0 Å². The quantitative estimate of drug-likeness (QED) is 0.792. The molecule has 2 aromatic carbocycles. The Kier molecular flexibility index (Phi) is 3.79. The zero-order chi connectivity index (χ0) is 13.9. The zero-order valence-electron chi connectivity index (χ0n) is 11.4. The first kappa shape index (κ1) is 13.3. The molecule has 102 valence electrons. The highest BCUT2D eigenvalue weighted by atomic mass is 32.2. The summed E-state index contributed by atoms with van der Waals surface area (Å²) in [5.41, 5.74) is 2.62. The number of thioether (sulfide) groups is 1. The molecule has 2 atom stereocenters. The number of rotatable bonds is 3. The molecular formula is C17H17NOS. The van der Waals surface area contributed by atoms with Crippen LogP contribution in [0.15, 0.2) is 59.5 Å². The monoisotopic (exact) mass is 283 g/mol. The normalized spacial score (nSPS) is 21.4. The Bertz CT molecular complexity index is 599. The Morgan fingerprint density at radius 3 is 2.40 bits per heavy atom. The minimum atomic E-state index is 0.163. The molecule has 0 aliphatic carbocycles. The minimum absolute atomic E-state index is 0.163. The first-order valence-corrected chi connectivity index (χ1v) is 7.69. The van der Waals surface area contributed by atoms with Crippen molar-refractivity contribution in [3.8, 4) is 0 Å². The van der Waals surface area contributed by atoms with E-state index in [1.165, 1.54) is 16.0 Å². The zero-order valence-corrected chi connectivity index (χ0v) is 12.2. The van der Waals surface area contributed by atoms with Crippen molar-refractivity contribution in [3.05, 3.63) is 65.7 Å². The molecular weight excluding hydrogens is 266 g/mol. The molecule has 1 unspecified atom stereocenters. The van der Waals surface area contributed by atoms with Crippen molar-refractivity contribution in [2.75, 3.05) is 6.54 Å². The molecule has 1 aliphatic heterocycles. The first-order valence-electron chi connectivity index (χ1n) is 6.81. The summed E-state index contributed by atoms with van der Waals surface area (Å²) in [4.78, 5) is 14.4. The summed E-state index contributed by atoms with van der Waals surface area (Å²) < 4.78 is 0. The van der Waals surface area contributed by atoms with E-state index in [4.69, 9.17) is 0 Å². The fourth-order valence-electron chi connectivity index (χ4n) is 2.71. The average molecular weight is 283 g/mol. The van der Waals surface area contributed by atoms with Crippen LogP contribution >= 0.6 is 11.8 Å². The number of carbonyl (C=O) groups is 1. The van der Waals surface area contributed by atoms with E-state index in [0.717, 1.165) is 13.0 Å². The van der Waals surface area contributed by atoms with Gasteiger partial charge in [0.2, 0.25) is 6.41 Å². The molecule has 0 saturated heterocycles. The standard InChI is InChI=1S/C17H17NOS/c1-13-15-9-5-6-10-16(15)17(11-18(13)12-19)20-14-7-3-2-4-8-14/h2-10,12-13,17H,11H2,1H3/t13-,17?/m0/s1. The van der Waals surface area contributed by atoms with Crippen molar-refractivity contribution in [3.63, 3.8) is 0 Å². The second-order valence-electron chi connectivity index (χ2n) is 5.03. The molecule has 1 amide bonds. The molecule has 0 spiro atoms. The Labute approximate surface area is 123 Å². The third kappa shape index (κ3) is 2.46. The Morgan fingerprint density at radius 1 is 1.05 bits per heavy atom. The summed E-state index contributed by atoms with van der Waals surface area (Å²) in [5, 5.41) is 0.301. The predicted octanol–water partition coefficient (Wildman–Crippen LogP) is 4.05. The van der Waals surface area contributed by atoms with Gasteiger partial charge in [0.05, 0.1) is 11.3 Å². The van der Waals surface area contributed by atoms with Gasteiger partial charge in [-0.3, -0.25) is 4.79 Å². The van der Waals surface area contributed by atoms with Crippen molar-refractivity contribution >= 4 is 18.2 Å². The van der Waals surface area contributed by atoms with Crippen LogP contribution in [0.25, 0.3) is 0 Å². The van der Waals surface area contributed by atoms with Gasteiger partial charge in [0.15, 0.2) is 0 Å². The van der Waals surface area contributed by atoms with E-state index in [0.29, 0.717) is 5.25 Å². The fraction of sp³-hybridized carbons (Fsp3) is 0.235. The van der Waals surface area contributed by atoms with E-state index in [9.17, 15) is 4.79 Å². The topological polar surface area (TPSA) is 20.3 Å². The van der Waals surface area contributed by atoms with Crippen LogP contribution in [-0.2, 0) is 4.79 Å². The van der Waals surface area contributed by atoms with Crippen molar-refractivity contribution in [1.82, 2.24) is 4.90 Å². The molecule has 20 heavy (non-hydrogen) atoms. The van der Waals surface area contributed by atoms with Gasteiger partial charge in [-0.1, -0.05) is 42.5 Å². The number of fused-ring (bicyclic) bond motifs is 1. The summed E-state index contributed by atoms with van der Waals surface area (Å²) in [6.07, 6.45) is 0.971. The molecule has 2 aromatic rings. The predicted molar refractivity (Wildman–Crippen MR) is 82.7 cm³/mol. The maximum absolute atomic E-state index is 11.3. The summed E-state index contributed by atoms with van der Waals surface area (Å²) in [6.45, 7) is 2.86. The highest BCUT2D eigenvalue weighted by Crippen LogP contribution is 2.43. The SMILES string of the molecule is C[C@H]1c2ccccc2C(Sc2ccccc2)CN1C=O. The van der Waals surface area contributed by atoms with Gasteiger partial charge in [0, 0.05) is 11.4 Å². The summed E-state index contributed by atoms with van der Waals surface area (Å²) in [7, 11) is 0. The Balaban J connectivity index is 1.94. The number of hydrogen-bond donors (Lipinski definition) is 0. The highest BCUT2D eigenvalue weighted by Gasteiger charge is 2.29. The van der Waals surface area contributed by atoms with E-state index in [-0.39, 0.29) is 6.04 Å². The third-order valence-corrected chi connectivity index (χ3v) is 5.06. The van der Waals surface area contributed by atoms with Gasteiger partial charge < -0.3 is 4.90 Å². The van der Waals surface area contributed by atoms with Gasteiger partial charge in [-0.25, -0.2) is 0 Å². The molecule has 0 N–H and O–H groups in total. The summed E-state index contributed by atoms with van der Waals surface area (Å²) in [6, 6.07) is 19.0. The molecule has 1 heterocycles. The molecule has 2 nitrogen and oxygen atoms in total. The van der Waals surface area contributed by atoms with Crippen LogP contribution in [0.3, 0.4) is 0 Å². The summed E-state index contributed by atoms with van der Waals surface area (Å²) in [5.74, 6) is 0. The molecule has 0 aromatic heterocycles. The maximum Gasteiger partial charge on any atom is 0.210 e. The van der Waals surface area contributed by atoms with Crippen LogP contribution in [0, 0.1) is 0 Å². The molecule has 0 saturated carbocycles. The van der Waals surface area contributed by atoms with Crippen LogP contribution in [0.4, 0.5) is 0 Å². The van der Waals surface area contributed by atoms with Gasteiger partial charge in [0.1, 0.15) is 0 Å². The van der Waals surface area contributed by atoms with E-state index in [1.807, 2.05) is 28.8 Å². The lowest BCUT2D eigenvalue weighted by Crippen LogP contribution is -2.34. The van der Waals surface area contributed by atoms with Gasteiger partial charge in [0.25, 0.3) is 0 Å². The highest BCUT2D eigenvalue weighted by molar-refractivity contribution is 7.99. The Hall–Kier alpha value is -1.74. The lowest BCUT2D eigenvalue weighted by Gasteiger charge is -2.37. The summed E-state index contributed by atoms with van der Waals surface area (Å²) >= 11 is 1.83. The Morgan fingerprint density at radius 2 is 1.70 bits per heavy atom. The number of hydrogen-bond acceptors (Lipinski definition) is 2. The van der Waals surface area contributed by atoms with Crippen molar-refractivity contribution in [2.45, 2.75) is 23.1 Å². The first-order chi connectivity index (χ1) is 9.79. The maximum atomic E-state index is 11.3. The molecule has 1 aliphatic rings. The third-order valence-electron chi connectivity index (χ3n) is 3.82. The number of carbonyl (C=O) groups excluding carboxylic acids is 1. The van der Waals surface area contributed by atoms with Crippen LogP contribution in [-0.4, -0.2) is 17.9 Å². The fourth-order valence-corrected chi connectivity index (χ4v) is 3.94. The molecule has 0 bridgehead atoms. The van der Waals surface area contributed by atoms with Crippen LogP contribution < -0.4 is 0 Å². The van der Waals surface area contributed by atoms with Crippen LogP contribution in [0.2, 0.25) is 0 Å². The molecule has 3 heteroatoms. The van der Waals surface area contributed by atoms with E-state index in [2.05, 4.69) is 49.4 Å². The lowest BCUT2D eigenvalue weighted by molar-refractivity contribution is -0.120. The van der Waals surface area contributed by atoms with Crippen molar-refractivity contribution in [2.24, 2.45) is 0 Å². The van der Waals surface area contributed by atoms with Crippen molar-refractivity contribution in [1.29, 1.82) is 0 Å². The number of benzene rings is 2. The second-order valence-corrected chi connectivity index (χ2v) is 6.30. The average Bonchev–Trinajstić information content (AvgIpc) is 2.51. The lowest BCUT2D eigenvalue weighted by atomic mass is 9.94. The molecule has 0 radical (unpaired) electrons. The van der Waals surface area contributed by atoms with Crippen LogP contribution in [0.5, 0.6) is 0 Å². The minimum Gasteiger partial charge on any atom is -0.337 e. The van der Waals surface area contributed by atoms with E-state index < -0.39 is 0 Å². The second kappa shape index (κ2) is 5.71. The molecule has 3 rings (SSSR count). The largest absolute Gasteiger partial charge is 0.337 e. The molecule has 0 fully saturated rings. The number of amides is 1. The van der Waals surface area contributed by atoms with E-state index in [1.54, 1.807) is 0 Å². The van der Waals surface area contributed by atoms with Gasteiger partial charge in [-0.2, -0.15) is 0 Å². The van der Waals surface area contributed by atoms with Crippen molar-refractivity contribution < 1.29 is 4.79 Å². The van der Waals surface area contributed by atoms with Gasteiger partial charge in [-0.15, -0.1) is 11.8 Å². The van der Waals surface area contributed by atoms with Gasteiger partial charge in [-0.05, 0) is 30.2 Å². The smallest absolute Gasteiger partial charge is 0.210 e.